The third kappa shape index (κ3) is 2.41. The van der Waals surface area contributed by atoms with E-state index in [4.69, 9.17) is 0 Å². The molecule has 132 valence electrons. The summed E-state index contributed by atoms with van der Waals surface area (Å²) in [6, 6.07) is 2.12. The second-order valence-corrected chi connectivity index (χ2v) is 9.08. The zero-order chi connectivity index (χ0) is 17.2. The third-order valence-electron chi connectivity index (χ3n) is 5.17. The summed E-state index contributed by atoms with van der Waals surface area (Å²) < 4.78 is 29.4. The maximum Gasteiger partial charge on any atom is 0.214 e. The Balaban J connectivity index is 1.49. The number of nitrogens with zero attached hydrogens (tertiary/aromatic N) is 4. The molecular weight excluding hydrogens is 340 g/mol. The molecule has 25 heavy (non-hydrogen) atoms. The molecule has 2 fully saturated rings. The number of hydrogen-bond acceptors (Lipinski definition) is 5. The van der Waals surface area contributed by atoms with Crippen molar-refractivity contribution in [3.05, 3.63) is 24.7 Å². The average molecular weight is 360 g/mol. The van der Waals surface area contributed by atoms with Gasteiger partial charge in [-0.3, -0.25) is 4.40 Å². The molecule has 3 aromatic heterocycles. The van der Waals surface area contributed by atoms with Crippen molar-refractivity contribution in [2.24, 2.45) is 0 Å². The molecular formula is C16H20N6O2S. The highest BCUT2D eigenvalue weighted by molar-refractivity contribution is 7.90. The van der Waals surface area contributed by atoms with Gasteiger partial charge in [-0.15, -0.1) is 0 Å². The largest absolute Gasteiger partial charge is 0.345 e. The van der Waals surface area contributed by atoms with Gasteiger partial charge >= 0.3 is 0 Å². The summed E-state index contributed by atoms with van der Waals surface area (Å²) in [5.74, 6) is 0.836. The molecule has 0 amide bonds. The van der Waals surface area contributed by atoms with E-state index in [1.54, 1.807) is 6.20 Å². The SMILES string of the molecule is CC1CC(NS(=O)(=O)C2CC2)CN1c1ncc2cnc3[nH]ccc3n12. The Morgan fingerprint density at radius 3 is 2.88 bits per heavy atom. The lowest BCUT2D eigenvalue weighted by atomic mass is 10.2. The fourth-order valence-electron chi connectivity index (χ4n) is 3.76. The Morgan fingerprint density at radius 1 is 1.28 bits per heavy atom. The number of H-pyrrole nitrogens is 1. The van der Waals surface area contributed by atoms with Gasteiger partial charge in [-0.2, -0.15) is 0 Å². The molecule has 1 aliphatic carbocycles. The number of nitrogens with one attached hydrogen (secondary N) is 2. The van der Waals surface area contributed by atoms with E-state index in [1.807, 2.05) is 18.5 Å². The summed E-state index contributed by atoms with van der Waals surface area (Å²) in [5.41, 5.74) is 2.71. The molecule has 2 unspecified atom stereocenters. The lowest BCUT2D eigenvalue weighted by Gasteiger charge is -2.22. The standard InChI is InChI=1S/C16H20N6O2S/c1-10-6-11(20-25(23,24)13-2-3-13)9-21(10)16-19-8-12-7-18-15-14(22(12)16)4-5-17-15/h4-5,7-8,10-11,13,17,20H,2-3,6,9H2,1H3. The van der Waals surface area contributed by atoms with Crippen LogP contribution in [0.2, 0.25) is 0 Å². The van der Waals surface area contributed by atoms with E-state index in [-0.39, 0.29) is 17.3 Å². The van der Waals surface area contributed by atoms with Crippen LogP contribution >= 0.6 is 0 Å². The van der Waals surface area contributed by atoms with Gasteiger partial charge in [0.2, 0.25) is 16.0 Å². The van der Waals surface area contributed by atoms with E-state index in [0.717, 1.165) is 41.9 Å². The molecule has 4 heterocycles. The molecule has 0 spiro atoms. The summed E-state index contributed by atoms with van der Waals surface area (Å²) in [5, 5.41) is -0.185. The van der Waals surface area contributed by atoms with Gasteiger partial charge < -0.3 is 9.88 Å². The molecule has 0 radical (unpaired) electrons. The van der Waals surface area contributed by atoms with Crippen molar-refractivity contribution >= 4 is 32.7 Å². The first-order valence-electron chi connectivity index (χ1n) is 8.60. The summed E-state index contributed by atoms with van der Waals surface area (Å²) in [6.07, 6.45) is 7.81. The Kier molecular flexibility index (Phi) is 3.14. The first-order chi connectivity index (χ1) is 12.0. The quantitative estimate of drug-likeness (QED) is 0.730. The second-order valence-electron chi connectivity index (χ2n) is 7.08. The average Bonchev–Trinajstić information content (AvgIpc) is 3.03. The number of fused-ring (bicyclic) bond motifs is 3. The predicted octanol–water partition coefficient (Wildman–Crippen LogP) is 1.26. The molecule has 2 N–H and O–H groups in total. The van der Waals surface area contributed by atoms with Crippen molar-refractivity contribution in [2.45, 2.75) is 43.5 Å². The van der Waals surface area contributed by atoms with Crippen LogP contribution in [0.25, 0.3) is 16.7 Å². The monoisotopic (exact) mass is 360 g/mol. The van der Waals surface area contributed by atoms with Gasteiger partial charge in [-0.1, -0.05) is 0 Å². The molecule has 5 rings (SSSR count). The van der Waals surface area contributed by atoms with E-state index >= 15 is 0 Å². The third-order valence-corrected chi connectivity index (χ3v) is 7.18. The van der Waals surface area contributed by atoms with Crippen molar-refractivity contribution < 1.29 is 8.42 Å². The minimum atomic E-state index is -3.17. The number of aromatic amines is 1. The fourth-order valence-corrected chi connectivity index (χ4v) is 5.35. The molecule has 1 aliphatic heterocycles. The highest BCUT2D eigenvalue weighted by Gasteiger charge is 2.40. The summed E-state index contributed by atoms with van der Waals surface area (Å²) in [6.45, 7) is 2.74. The van der Waals surface area contributed by atoms with Gasteiger partial charge in [0.25, 0.3) is 0 Å². The Morgan fingerprint density at radius 2 is 2.08 bits per heavy atom. The van der Waals surface area contributed by atoms with Crippen LogP contribution in [0.1, 0.15) is 26.2 Å². The highest BCUT2D eigenvalue weighted by Crippen LogP contribution is 2.31. The van der Waals surface area contributed by atoms with E-state index in [2.05, 4.69) is 35.9 Å². The molecule has 2 aliphatic rings. The zero-order valence-electron chi connectivity index (χ0n) is 13.9. The lowest BCUT2D eigenvalue weighted by Crippen LogP contribution is -2.39. The van der Waals surface area contributed by atoms with Gasteiger partial charge in [0.1, 0.15) is 0 Å². The number of anilines is 1. The first kappa shape index (κ1) is 15.2. The van der Waals surface area contributed by atoms with Crippen LogP contribution < -0.4 is 9.62 Å². The topological polar surface area (TPSA) is 95.4 Å². The van der Waals surface area contributed by atoms with Gasteiger partial charge in [-0.05, 0) is 32.3 Å². The fraction of sp³-hybridized carbons (Fsp3) is 0.500. The van der Waals surface area contributed by atoms with Crippen LogP contribution in [0, 0.1) is 0 Å². The van der Waals surface area contributed by atoms with Crippen LogP contribution in [0.4, 0.5) is 5.95 Å². The van der Waals surface area contributed by atoms with Gasteiger partial charge in [0.05, 0.1) is 28.7 Å². The van der Waals surface area contributed by atoms with Crippen LogP contribution in [-0.4, -0.2) is 51.6 Å². The van der Waals surface area contributed by atoms with Crippen molar-refractivity contribution in [1.82, 2.24) is 24.1 Å². The van der Waals surface area contributed by atoms with Gasteiger partial charge in [0.15, 0.2) is 5.65 Å². The normalized spacial score (nSPS) is 24.6. The van der Waals surface area contributed by atoms with Crippen molar-refractivity contribution in [3.63, 3.8) is 0 Å². The molecule has 0 bridgehead atoms. The van der Waals surface area contributed by atoms with E-state index < -0.39 is 10.0 Å². The van der Waals surface area contributed by atoms with E-state index in [1.165, 1.54) is 0 Å². The minimum Gasteiger partial charge on any atom is -0.345 e. The zero-order valence-corrected chi connectivity index (χ0v) is 14.7. The van der Waals surface area contributed by atoms with Crippen molar-refractivity contribution in [1.29, 1.82) is 0 Å². The molecule has 1 saturated carbocycles. The molecule has 1 saturated heterocycles. The highest BCUT2D eigenvalue weighted by atomic mass is 32.2. The maximum absolute atomic E-state index is 12.2. The molecule has 8 nitrogen and oxygen atoms in total. The second kappa shape index (κ2) is 5.18. The predicted molar refractivity (Wildman–Crippen MR) is 95.1 cm³/mol. The number of imidazole rings is 1. The Bertz CT molecular complexity index is 1050. The summed E-state index contributed by atoms with van der Waals surface area (Å²) in [4.78, 5) is 14.3. The van der Waals surface area contributed by atoms with E-state index in [9.17, 15) is 8.42 Å². The van der Waals surface area contributed by atoms with Crippen LogP contribution in [0.5, 0.6) is 0 Å². The van der Waals surface area contributed by atoms with Crippen LogP contribution in [0.15, 0.2) is 24.7 Å². The first-order valence-corrected chi connectivity index (χ1v) is 10.1. The van der Waals surface area contributed by atoms with Crippen LogP contribution in [0.3, 0.4) is 0 Å². The molecule has 9 heteroatoms. The van der Waals surface area contributed by atoms with Crippen LogP contribution in [-0.2, 0) is 10.0 Å². The smallest absolute Gasteiger partial charge is 0.214 e. The number of sulfonamides is 1. The minimum absolute atomic E-state index is 0.0727. The molecule has 3 aromatic rings. The van der Waals surface area contributed by atoms with Gasteiger partial charge in [-0.25, -0.2) is 23.1 Å². The molecule has 2 atom stereocenters. The lowest BCUT2D eigenvalue weighted by molar-refractivity contribution is 0.556. The summed E-state index contributed by atoms with van der Waals surface area (Å²) in [7, 11) is -3.17. The van der Waals surface area contributed by atoms with E-state index in [0.29, 0.717) is 6.54 Å². The van der Waals surface area contributed by atoms with Gasteiger partial charge in [0, 0.05) is 24.8 Å². The summed E-state index contributed by atoms with van der Waals surface area (Å²) >= 11 is 0. The van der Waals surface area contributed by atoms with Crippen molar-refractivity contribution in [3.8, 4) is 0 Å². The Labute approximate surface area is 145 Å². The number of hydrogen-bond donors (Lipinski definition) is 2. The Hall–Kier alpha value is -2.13. The van der Waals surface area contributed by atoms with Crippen molar-refractivity contribution in [2.75, 3.05) is 11.4 Å². The number of aromatic nitrogens is 4. The maximum atomic E-state index is 12.2. The molecule has 0 aromatic carbocycles. The number of rotatable bonds is 4.